The smallest absolute Gasteiger partial charge is 0.318 e. The van der Waals surface area contributed by atoms with E-state index in [0.717, 1.165) is 0 Å². The highest BCUT2D eigenvalue weighted by Gasteiger charge is 2.18. The molecular weight excluding hydrogens is 240 g/mol. The van der Waals surface area contributed by atoms with E-state index >= 15 is 0 Å². The molecule has 17 heavy (non-hydrogen) atoms. The average Bonchev–Trinajstić information content (AvgIpc) is 2.27. The summed E-state index contributed by atoms with van der Waals surface area (Å²) in [7, 11) is 1.34. The van der Waals surface area contributed by atoms with Gasteiger partial charge in [-0.25, -0.2) is 0 Å². The largest absolute Gasteiger partial charge is 0.468 e. The third-order valence-corrected chi connectivity index (χ3v) is 3.23. The number of hydrogen-bond acceptors (Lipinski definition) is 5. The summed E-state index contributed by atoms with van der Waals surface area (Å²) in [5.41, 5.74) is -0.304. The van der Waals surface area contributed by atoms with Crippen LogP contribution in [0.3, 0.4) is 0 Å². The summed E-state index contributed by atoms with van der Waals surface area (Å²) in [5.74, 6) is -0.330. The topological polar surface area (TPSA) is 61.2 Å². The molecule has 0 saturated carbocycles. The first-order valence-corrected chi connectivity index (χ1v) is 6.17. The summed E-state index contributed by atoms with van der Waals surface area (Å²) < 4.78 is 6.49. The summed E-state index contributed by atoms with van der Waals surface area (Å²) >= 11 is 1.22. The second kappa shape index (κ2) is 5.86. The van der Waals surface area contributed by atoms with Crippen molar-refractivity contribution in [2.45, 2.75) is 37.2 Å². The maximum Gasteiger partial charge on any atom is 0.318 e. The fraction of sp³-hybridized carbons (Fsp3) is 0.545. The predicted molar refractivity (Wildman–Crippen MR) is 66.2 cm³/mol. The van der Waals surface area contributed by atoms with Crippen LogP contribution in [0.4, 0.5) is 0 Å². The van der Waals surface area contributed by atoms with Gasteiger partial charge in [-0.2, -0.15) is 4.98 Å². The fourth-order valence-corrected chi connectivity index (χ4v) is 2.29. The van der Waals surface area contributed by atoms with E-state index in [-0.39, 0.29) is 22.8 Å². The Morgan fingerprint density at radius 1 is 1.47 bits per heavy atom. The van der Waals surface area contributed by atoms with Gasteiger partial charge in [-0.05, 0) is 20.8 Å². The lowest BCUT2D eigenvalue weighted by molar-refractivity contribution is -0.139. The van der Waals surface area contributed by atoms with E-state index in [9.17, 15) is 9.59 Å². The van der Waals surface area contributed by atoms with Crippen molar-refractivity contribution in [1.82, 2.24) is 9.55 Å². The minimum atomic E-state index is -0.390. The molecule has 1 aromatic heterocycles. The standard InChI is InChI=1S/C11H16N2O3S/c1-7(2)13-6-5-9(14)12-11(13)17-8(3)10(15)16-4/h5-8H,1-4H3. The predicted octanol–water partition coefficient (Wildman–Crippen LogP) is 1.48. The van der Waals surface area contributed by atoms with Crippen molar-refractivity contribution in [2.24, 2.45) is 0 Å². The molecule has 0 radical (unpaired) electrons. The average molecular weight is 256 g/mol. The fourth-order valence-electron chi connectivity index (χ4n) is 1.25. The lowest BCUT2D eigenvalue weighted by atomic mass is 10.4. The Balaban J connectivity index is 3.00. The molecule has 0 saturated heterocycles. The van der Waals surface area contributed by atoms with E-state index in [0.29, 0.717) is 5.16 Å². The number of aromatic nitrogens is 2. The molecule has 0 aliphatic rings. The van der Waals surface area contributed by atoms with Crippen LogP contribution in [0.15, 0.2) is 22.2 Å². The summed E-state index contributed by atoms with van der Waals surface area (Å²) in [5, 5.41) is 0.143. The molecule has 0 fully saturated rings. The van der Waals surface area contributed by atoms with Crippen molar-refractivity contribution >= 4 is 17.7 Å². The molecule has 5 nitrogen and oxygen atoms in total. The zero-order valence-corrected chi connectivity index (χ0v) is 11.2. The number of methoxy groups -OCH3 is 1. The van der Waals surface area contributed by atoms with Crippen molar-refractivity contribution in [3.63, 3.8) is 0 Å². The molecule has 1 heterocycles. The maximum absolute atomic E-state index is 11.3. The van der Waals surface area contributed by atoms with E-state index in [1.807, 2.05) is 18.4 Å². The molecule has 0 aromatic carbocycles. The number of ether oxygens (including phenoxy) is 1. The van der Waals surface area contributed by atoms with Gasteiger partial charge in [0.25, 0.3) is 5.56 Å². The molecule has 6 heteroatoms. The summed E-state index contributed by atoms with van der Waals surface area (Å²) in [6, 6.07) is 1.59. The first-order chi connectivity index (χ1) is 7.95. The third kappa shape index (κ3) is 3.59. The van der Waals surface area contributed by atoms with Crippen LogP contribution in [0, 0.1) is 0 Å². The molecule has 0 aliphatic heterocycles. The number of nitrogens with zero attached hydrogens (tertiary/aromatic N) is 2. The van der Waals surface area contributed by atoms with Gasteiger partial charge in [0.1, 0.15) is 5.25 Å². The Kier molecular flexibility index (Phi) is 4.74. The molecule has 1 rings (SSSR count). The number of carbonyl (C=O) groups excluding carboxylic acids is 1. The first kappa shape index (κ1) is 13.8. The SMILES string of the molecule is COC(=O)C(C)Sc1nc(=O)ccn1C(C)C. The number of thioether (sulfide) groups is 1. The lowest BCUT2D eigenvalue weighted by Gasteiger charge is -2.16. The molecule has 1 aromatic rings. The van der Waals surface area contributed by atoms with Gasteiger partial charge in [0.05, 0.1) is 7.11 Å². The molecule has 0 N–H and O–H groups in total. The molecule has 0 aliphatic carbocycles. The van der Waals surface area contributed by atoms with E-state index in [2.05, 4.69) is 9.72 Å². The van der Waals surface area contributed by atoms with Gasteiger partial charge in [-0.3, -0.25) is 9.59 Å². The van der Waals surface area contributed by atoms with Crippen LogP contribution in [-0.4, -0.2) is 27.9 Å². The van der Waals surface area contributed by atoms with E-state index in [1.165, 1.54) is 24.9 Å². The quantitative estimate of drug-likeness (QED) is 0.464. The van der Waals surface area contributed by atoms with Crippen LogP contribution in [0.5, 0.6) is 0 Å². The molecule has 0 bridgehead atoms. The van der Waals surface area contributed by atoms with Crippen molar-refractivity contribution in [1.29, 1.82) is 0 Å². The van der Waals surface area contributed by atoms with Crippen LogP contribution in [0.2, 0.25) is 0 Å². The molecule has 0 amide bonds. The van der Waals surface area contributed by atoms with E-state index in [4.69, 9.17) is 0 Å². The van der Waals surface area contributed by atoms with Crippen molar-refractivity contribution in [3.8, 4) is 0 Å². The zero-order chi connectivity index (χ0) is 13.0. The minimum Gasteiger partial charge on any atom is -0.468 e. The van der Waals surface area contributed by atoms with Crippen LogP contribution >= 0.6 is 11.8 Å². The first-order valence-electron chi connectivity index (χ1n) is 5.29. The maximum atomic E-state index is 11.3. The van der Waals surface area contributed by atoms with Gasteiger partial charge in [0.15, 0.2) is 5.16 Å². The third-order valence-electron chi connectivity index (χ3n) is 2.18. The van der Waals surface area contributed by atoms with Crippen molar-refractivity contribution < 1.29 is 9.53 Å². The number of rotatable bonds is 4. The Labute approximate surface area is 104 Å². The van der Waals surface area contributed by atoms with Crippen LogP contribution in [0.25, 0.3) is 0 Å². The Morgan fingerprint density at radius 3 is 2.65 bits per heavy atom. The summed E-state index contributed by atoms with van der Waals surface area (Å²) in [6.45, 7) is 5.69. The monoisotopic (exact) mass is 256 g/mol. The van der Waals surface area contributed by atoms with Crippen LogP contribution in [0.1, 0.15) is 26.8 Å². The van der Waals surface area contributed by atoms with Crippen molar-refractivity contribution in [3.05, 3.63) is 22.6 Å². The lowest BCUT2D eigenvalue weighted by Crippen LogP contribution is -2.20. The highest BCUT2D eigenvalue weighted by atomic mass is 32.2. The summed E-state index contributed by atoms with van der Waals surface area (Å²) in [4.78, 5) is 26.5. The number of hydrogen-bond donors (Lipinski definition) is 0. The second-order valence-electron chi connectivity index (χ2n) is 3.83. The van der Waals surface area contributed by atoms with Gasteiger partial charge in [0, 0.05) is 18.3 Å². The minimum absolute atomic E-state index is 0.176. The number of carbonyl (C=O) groups is 1. The highest BCUT2D eigenvalue weighted by Crippen LogP contribution is 2.23. The molecule has 94 valence electrons. The Bertz CT molecular complexity index is 456. The van der Waals surface area contributed by atoms with E-state index < -0.39 is 0 Å². The summed E-state index contributed by atoms with van der Waals surface area (Å²) in [6.07, 6.45) is 1.69. The highest BCUT2D eigenvalue weighted by molar-refractivity contribution is 8.00. The van der Waals surface area contributed by atoms with E-state index in [1.54, 1.807) is 13.1 Å². The van der Waals surface area contributed by atoms with Gasteiger partial charge < -0.3 is 9.30 Å². The van der Waals surface area contributed by atoms with Crippen molar-refractivity contribution in [2.75, 3.05) is 7.11 Å². The molecular formula is C11H16N2O3S. The Morgan fingerprint density at radius 2 is 2.12 bits per heavy atom. The van der Waals surface area contributed by atoms with Gasteiger partial charge >= 0.3 is 5.97 Å². The van der Waals surface area contributed by atoms with Crippen LogP contribution in [-0.2, 0) is 9.53 Å². The van der Waals surface area contributed by atoms with Crippen LogP contribution < -0.4 is 5.56 Å². The van der Waals surface area contributed by atoms with Gasteiger partial charge in [-0.15, -0.1) is 0 Å². The van der Waals surface area contributed by atoms with Gasteiger partial charge in [-0.1, -0.05) is 11.8 Å². The normalized spacial score (nSPS) is 12.5. The second-order valence-corrected chi connectivity index (χ2v) is 5.14. The Hall–Kier alpha value is -1.30. The molecule has 1 unspecified atom stereocenters. The zero-order valence-electron chi connectivity index (χ0n) is 10.3. The molecule has 1 atom stereocenters. The molecule has 0 spiro atoms. The van der Waals surface area contributed by atoms with Gasteiger partial charge in [0.2, 0.25) is 0 Å². The number of esters is 1.